The molecule has 0 aliphatic heterocycles. The number of hydrogen-bond donors (Lipinski definition) is 2. The van der Waals surface area contributed by atoms with Crippen molar-refractivity contribution in [1.29, 1.82) is 0 Å². The van der Waals surface area contributed by atoms with E-state index in [1.807, 2.05) is 26.1 Å². The second-order valence-electron chi connectivity index (χ2n) is 9.31. The van der Waals surface area contributed by atoms with E-state index in [0.717, 1.165) is 37.3 Å². The average molecular weight is 426 g/mol. The molecule has 3 N–H and O–H groups in total. The highest BCUT2D eigenvalue weighted by atomic mass is 16.5. The van der Waals surface area contributed by atoms with Crippen LogP contribution in [-0.2, 0) is 12.8 Å². The highest BCUT2D eigenvalue weighted by Gasteiger charge is 2.32. The van der Waals surface area contributed by atoms with Gasteiger partial charge in [0.05, 0.1) is 5.84 Å². The first-order chi connectivity index (χ1) is 14.6. The van der Waals surface area contributed by atoms with Gasteiger partial charge >= 0.3 is 0 Å². The van der Waals surface area contributed by atoms with Gasteiger partial charge in [0, 0.05) is 13.0 Å². The van der Waals surface area contributed by atoms with E-state index in [2.05, 4.69) is 74.4 Å². The molecule has 0 aromatic heterocycles. The summed E-state index contributed by atoms with van der Waals surface area (Å²) in [6.07, 6.45) is 2.63. The molecule has 5 heteroatoms. The van der Waals surface area contributed by atoms with E-state index in [1.54, 1.807) is 0 Å². The molecule has 0 atom stereocenters. The number of benzene rings is 2. The van der Waals surface area contributed by atoms with Crippen LogP contribution in [-0.4, -0.2) is 37.2 Å². The van der Waals surface area contributed by atoms with Crippen molar-refractivity contribution in [3.8, 4) is 11.5 Å². The molecule has 2 aromatic rings. The Kier molecular flexibility index (Phi) is 8.93. The molecule has 0 radical (unpaired) electrons. The predicted octanol–water partition coefficient (Wildman–Crippen LogP) is 4.77. The van der Waals surface area contributed by atoms with Crippen LogP contribution in [0.15, 0.2) is 53.5 Å². The number of nitrogens with one attached hydrogen (secondary N) is 1. The van der Waals surface area contributed by atoms with Gasteiger partial charge in [-0.3, -0.25) is 4.99 Å². The Hall–Kier alpha value is -2.53. The topological polar surface area (TPSA) is 68.9 Å². The van der Waals surface area contributed by atoms with Crippen LogP contribution < -0.4 is 20.5 Å². The fraction of sp³-hybridized carbons (Fsp3) is 0.500. The van der Waals surface area contributed by atoms with Gasteiger partial charge < -0.3 is 20.5 Å². The number of nitrogens with two attached hydrogens (primary N) is 1. The number of amidine groups is 1. The summed E-state index contributed by atoms with van der Waals surface area (Å²) in [5.74, 6) is 2.36. The van der Waals surface area contributed by atoms with Crippen LogP contribution >= 0.6 is 0 Å². The molecule has 0 aliphatic rings. The van der Waals surface area contributed by atoms with Crippen LogP contribution in [0, 0.1) is 0 Å². The van der Waals surface area contributed by atoms with E-state index in [4.69, 9.17) is 15.2 Å². The lowest BCUT2D eigenvalue weighted by molar-refractivity contribution is 0.00503. The second kappa shape index (κ2) is 11.2. The van der Waals surface area contributed by atoms with Crippen LogP contribution in [0.1, 0.15) is 52.2 Å². The molecule has 0 amide bonds. The molecule has 2 aromatic carbocycles. The first-order valence-corrected chi connectivity index (χ1v) is 11.1. The van der Waals surface area contributed by atoms with Gasteiger partial charge in [-0.15, -0.1) is 0 Å². The Balaban J connectivity index is 1.91. The van der Waals surface area contributed by atoms with Crippen molar-refractivity contribution >= 4 is 5.84 Å². The normalized spacial score (nSPS) is 12.6. The maximum absolute atomic E-state index is 6.30. The van der Waals surface area contributed by atoms with E-state index in [-0.39, 0.29) is 11.2 Å². The van der Waals surface area contributed by atoms with Gasteiger partial charge in [-0.05, 0) is 96.4 Å². The van der Waals surface area contributed by atoms with Gasteiger partial charge in [-0.25, -0.2) is 0 Å². The largest absolute Gasteiger partial charge is 0.488 e. The van der Waals surface area contributed by atoms with Crippen LogP contribution in [0.2, 0.25) is 0 Å². The molecule has 0 fully saturated rings. The lowest BCUT2D eigenvalue weighted by atomic mass is 9.92. The molecule has 0 saturated heterocycles. The quantitative estimate of drug-likeness (QED) is 0.379. The van der Waals surface area contributed by atoms with Crippen molar-refractivity contribution in [2.75, 3.05) is 20.1 Å². The standard InChI is InChI=1S/C26H39N3O2/c1-20(27)29-18-16-22-9-13-24(14-10-22)31-26(4,5)19-25(2,3)30-23-11-7-21(8-12-23)15-17-28-6/h7-14,28H,15-19H2,1-6H3,(H2,27,29). The van der Waals surface area contributed by atoms with Crippen LogP contribution in [0.3, 0.4) is 0 Å². The lowest BCUT2D eigenvalue weighted by Crippen LogP contribution is -2.41. The van der Waals surface area contributed by atoms with Crippen LogP contribution in [0.5, 0.6) is 11.5 Å². The minimum absolute atomic E-state index is 0.367. The highest BCUT2D eigenvalue weighted by Crippen LogP contribution is 2.30. The highest BCUT2D eigenvalue weighted by molar-refractivity contribution is 5.77. The Morgan fingerprint density at radius 1 is 0.839 bits per heavy atom. The number of nitrogens with zero attached hydrogens (tertiary/aromatic N) is 1. The van der Waals surface area contributed by atoms with E-state index < -0.39 is 0 Å². The Labute approximate surface area is 188 Å². The third-order valence-corrected chi connectivity index (χ3v) is 4.91. The minimum atomic E-state index is -0.376. The molecule has 0 bridgehead atoms. The number of hydrogen-bond acceptors (Lipinski definition) is 4. The fourth-order valence-corrected chi connectivity index (χ4v) is 3.81. The number of rotatable bonds is 12. The van der Waals surface area contributed by atoms with E-state index in [9.17, 15) is 0 Å². The number of likely N-dealkylation sites (N-methyl/N-ethyl adjacent to an activating group) is 1. The van der Waals surface area contributed by atoms with Gasteiger partial charge in [0.2, 0.25) is 0 Å². The molecule has 0 heterocycles. The predicted molar refractivity (Wildman–Crippen MR) is 130 cm³/mol. The minimum Gasteiger partial charge on any atom is -0.488 e. The second-order valence-corrected chi connectivity index (χ2v) is 9.31. The van der Waals surface area contributed by atoms with Crippen LogP contribution in [0.4, 0.5) is 0 Å². The van der Waals surface area contributed by atoms with Gasteiger partial charge in [-0.2, -0.15) is 0 Å². The maximum atomic E-state index is 6.30. The molecule has 5 nitrogen and oxygen atoms in total. The SMILES string of the molecule is CNCCc1ccc(OC(C)(C)CC(C)(C)Oc2ccc(CCN=C(C)N)cc2)cc1. The molecule has 2 rings (SSSR count). The Morgan fingerprint density at radius 2 is 1.29 bits per heavy atom. The average Bonchev–Trinajstić information content (AvgIpc) is 2.67. The summed E-state index contributed by atoms with van der Waals surface area (Å²) in [6, 6.07) is 16.6. The Bertz CT molecular complexity index is 821. The number of aliphatic imine (C=N–C) groups is 1. The van der Waals surface area contributed by atoms with Crippen molar-refractivity contribution in [1.82, 2.24) is 5.32 Å². The third kappa shape index (κ3) is 9.43. The molecule has 31 heavy (non-hydrogen) atoms. The summed E-state index contributed by atoms with van der Waals surface area (Å²) < 4.78 is 12.6. The first-order valence-electron chi connectivity index (χ1n) is 11.1. The van der Waals surface area contributed by atoms with Gasteiger partial charge in [0.1, 0.15) is 22.7 Å². The monoisotopic (exact) mass is 425 g/mol. The molecule has 0 saturated carbocycles. The van der Waals surface area contributed by atoms with Gasteiger partial charge in [0.15, 0.2) is 0 Å². The van der Waals surface area contributed by atoms with Crippen molar-refractivity contribution in [3.63, 3.8) is 0 Å². The summed E-state index contributed by atoms with van der Waals surface area (Å²) in [5, 5.41) is 3.18. The molecular weight excluding hydrogens is 386 g/mol. The first kappa shape index (κ1) is 24.7. The summed E-state index contributed by atoms with van der Waals surface area (Å²) >= 11 is 0. The summed E-state index contributed by atoms with van der Waals surface area (Å²) in [6.45, 7) is 11.9. The van der Waals surface area contributed by atoms with Gasteiger partial charge in [0.25, 0.3) is 0 Å². The van der Waals surface area contributed by atoms with Crippen molar-refractivity contribution in [2.45, 2.75) is 65.1 Å². The number of ether oxygens (including phenoxy) is 2. The zero-order chi connectivity index (χ0) is 22.9. The molecule has 0 unspecified atom stereocenters. The smallest absolute Gasteiger partial charge is 0.120 e. The molecular formula is C26H39N3O2. The maximum Gasteiger partial charge on any atom is 0.120 e. The van der Waals surface area contributed by atoms with Gasteiger partial charge in [-0.1, -0.05) is 24.3 Å². The molecule has 0 aliphatic carbocycles. The summed E-state index contributed by atoms with van der Waals surface area (Å²) in [5.41, 5.74) is 7.37. The molecule has 0 spiro atoms. The lowest BCUT2D eigenvalue weighted by Gasteiger charge is -2.35. The van der Waals surface area contributed by atoms with E-state index in [1.165, 1.54) is 11.1 Å². The fourth-order valence-electron chi connectivity index (χ4n) is 3.81. The summed E-state index contributed by atoms with van der Waals surface area (Å²) in [7, 11) is 1.97. The third-order valence-electron chi connectivity index (χ3n) is 4.91. The van der Waals surface area contributed by atoms with E-state index in [0.29, 0.717) is 12.4 Å². The zero-order valence-corrected chi connectivity index (χ0v) is 20.0. The molecule has 170 valence electrons. The Morgan fingerprint density at radius 3 is 1.71 bits per heavy atom. The van der Waals surface area contributed by atoms with Crippen molar-refractivity contribution in [2.24, 2.45) is 10.7 Å². The summed E-state index contributed by atoms with van der Waals surface area (Å²) in [4.78, 5) is 4.24. The zero-order valence-electron chi connectivity index (χ0n) is 20.0. The van der Waals surface area contributed by atoms with Crippen LogP contribution in [0.25, 0.3) is 0 Å². The van der Waals surface area contributed by atoms with Crippen molar-refractivity contribution in [3.05, 3.63) is 59.7 Å². The van der Waals surface area contributed by atoms with Crippen molar-refractivity contribution < 1.29 is 9.47 Å². The van der Waals surface area contributed by atoms with E-state index >= 15 is 0 Å².